The lowest BCUT2D eigenvalue weighted by Gasteiger charge is -2.03. The van der Waals surface area contributed by atoms with Crippen LogP contribution in [-0.4, -0.2) is 24.7 Å². The fourth-order valence-corrected chi connectivity index (χ4v) is 2.12. The zero-order chi connectivity index (χ0) is 13.4. The lowest BCUT2D eigenvalue weighted by Crippen LogP contribution is -2.37. The number of hydrogen-bond acceptors (Lipinski definition) is 3. The first-order chi connectivity index (χ1) is 8.61. The van der Waals surface area contributed by atoms with Crippen LogP contribution in [0.3, 0.4) is 0 Å². The Morgan fingerprint density at radius 1 is 1.39 bits per heavy atom. The van der Waals surface area contributed by atoms with Crippen LogP contribution in [0.5, 0.6) is 0 Å². The van der Waals surface area contributed by atoms with E-state index < -0.39 is 6.03 Å². The Hall–Kier alpha value is -1.56. The molecule has 1 aromatic carbocycles. The molecule has 0 saturated carbocycles. The third kappa shape index (κ3) is 5.67. The van der Waals surface area contributed by atoms with E-state index >= 15 is 0 Å². The van der Waals surface area contributed by atoms with Gasteiger partial charge in [-0.1, -0.05) is 12.1 Å². The van der Waals surface area contributed by atoms with Crippen LogP contribution in [0.25, 0.3) is 0 Å². The monoisotopic (exact) mass is 270 g/mol. The standard InChI is InChI=1S/C12H15FN2O2S/c1-14-12(17)15-11(16)5-6-18-8-9-3-2-4-10(13)7-9/h2-4,7H,5-6,8H2,1H3,(H2,14,15,16,17). The molecular formula is C12H15FN2O2S. The number of halogens is 1. The molecule has 0 aliphatic carbocycles. The van der Waals surface area contributed by atoms with Gasteiger partial charge in [0.2, 0.25) is 5.91 Å². The summed E-state index contributed by atoms with van der Waals surface area (Å²) in [5.41, 5.74) is 0.881. The average molecular weight is 270 g/mol. The van der Waals surface area contributed by atoms with Crippen molar-refractivity contribution in [3.8, 4) is 0 Å². The maximum absolute atomic E-state index is 12.9. The third-order valence-electron chi connectivity index (χ3n) is 2.11. The molecule has 0 atom stereocenters. The molecule has 0 aliphatic rings. The van der Waals surface area contributed by atoms with Crippen molar-refractivity contribution in [3.63, 3.8) is 0 Å². The van der Waals surface area contributed by atoms with Gasteiger partial charge in [-0.15, -0.1) is 0 Å². The van der Waals surface area contributed by atoms with E-state index in [1.165, 1.54) is 30.9 Å². The van der Waals surface area contributed by atoms with Gasteiger partial charge in [0.05, 0.1) is 0 Å². The minimum Gasteiger partial charge on any atom is -0.341 e. The topological polar surface area (TPSA) is 58.2 Å². The van der Waals surface area contributed by atoms with Gasteiger partial charge in [-0.25, -0.2) is 9.18 Å². The number of thioether (sulfide) groups is 1. The molecule has 18 heavy (non-hydrogen) atoms. The van der Waals surface area contributed by atoms with E-state index in [9.17, 15) is 14.0 Å². The highest BCUT2D eigenvalue weighted by molar-refractivity contribution is 7.98. The summed E-state index contributed by atoms with van der Waals surface area (Å²) in [5.74, 6) is 0.649. The molecule has 1 aromatic rings. The van der Waals surface area contributed by atoms with Gasteiger partial charge in [0.15, 0.2) is 0 Å². The minimum atomic E-state index is -0.505. The normalized spacial score (nSPS) is 9.89. The van der Waals surface area contributed by atoms with Crippen molar-refractivity contribution < 1.29 is 14.0 Å². The van der Waals surface area contributed by atoms with E-state index in [1.54, 1.807) is 6.07 Å². The number of hydrogen-bond donors (Lipinski definition) is 2. The predicted molar refractivity (Wildman–Crippen MR) is 69.8 cm³/mol. The molecule has 1 rings (SSSR count). The molecular weight excluding hydrogens is 255 g/mol. The molecule has 0 fully saturated rings. The van der Waals surface area contributed by atoms with Crippen LogP contribution in [0, 0.1) is 5.82 Å². The van der Waals surface area contributed by atoms with Crippen LogP contribution in [-0.2, 0) is 10.5 Å². The Kier molecular flexibility index (Phi) is 6.21. The van der Waals surface area contributed by atoms with E-state index in [-0.39, 0.29) is 18.1 Å². The van der Waals surface area contributed by atoms with Crippen LogP contribution in [0.15, 0.2) is 24.3 Å². The van der Waals surface area contributed by atoms with Gasteiger partial charge in [-0.05, 0) is 17.7 Å². The SMILES string of the molecule is CNC(=O)NC(=O)CCSCc1cccc(F)c1. The van der Waals surface area contributed by atoms with Gasteiger partial charge < -0.3 is 5.32 Å². The summed E-state index contributed by atoms with van der Waals surface area (Å²) in [7, 11) is 1.45. The lowest BCUT2D eigenvalue weighted by atomic mass is 10.2. The number of amides is 3. The van der Waals surface area contributed by atoms with E-state index in [1.807, 2.05) is 6.07 Å². The highest BCUT2D eigenvalue weighted by Gasteiger charge is 2.05. The molecule has 0 spiro atoms. The molecule has 0 saturated heterocycles. The maximum Gasteiger partial charge on any atom is 0.321 e. The number of carbonyl (C=O) groups excluding carboxylic acids is 2. The molecule has 6 heteroatoms. The van der Waals surface area contributed by atoms with Crippen molar-refractivity contribution in [2.24, 2.45) is 0 Å². The molecule has 98 valence electrons. The summed E-state index contributed by atoms with van der Waals surface area (Å²) in [5, 5.41) is 4.47. The molecule has 0 aromatic heterocycles. The summed E-state index contributed by atoms with van der Waals surface area (Å²) in [6, 6.07) is 5.85. The van der Waals surface area contributed by atoms with Crippen LogP contribution < -0.4 is 10.6 Å². The first-order valence-electron chi connectivity index (χ1n) is 5.45. The average Bonchev–Trinajstić information content (AvgIpc) is 2.34. The third-order valence-corrected chi connectivity index (χ3v) is 3.14. The van der Waals surface area contributed by atoms with Crippen LogP contribution in [0.4, 0.5) is 9.18 Å². The van der Waals surface area contributed by atoms with E-state index in [0.29, 0.717) is 11.5 Å². The Labute approximate surface area is 109 Å². The quantitative estimate of drug-likeness (QED) is 0.803. The van der Waals surface area contributed by atoms with Crippen molar-refractivity contribution in [1.82, 2.24) is 10.6 Å². The lowest BCUT2D eigenvalue weighted by molar-refractivity contribution is -0.119. The van der Waals surface area contributed by atoms with Gasteiger partial charge in [-0.3, -0.25) is 10.1 Å². The molecule has 0 unspecified atom stereocenters. The zero-order valence-corrected chi connectivity index (χ0v) is 10.8. The predicted octanol–water partition coefficient (Wildman–Crippen LogP) is 1.90. The fraction of sp³-hybridized carbons (Fsp3) is 0.333. The summed E-state index contributed by atoms with van der Waals surface area (Å²) in [6.07, 6.45) is 0.257. The van der Waals surface area contributed by atoms with Crippen molar-refractivity contribution in [2.75, 3.05) is 12.8 Å². The molecule has 3 amide bonds. The minimum absolute atomic E-state index is 0.257. The Morgan fingerprint density at radius 3 is 2.83 bits per heavy atom. The maximum atomic E-state index is 12.9. The zero-order valence-electron chi connectivity index (χ0n) is 10.0. The smallest absolute Gasteiger partial charge is 0.321 e. The van der Waals surface area contributed by atoms with Crippen LogP contribution in [0.2, 0.25) is 0 Å². The molecule has 0 radical (unpaired) electrons. The second-order valence-corrected chi connectivity index (χ2v) is 4.66. The van der Waals surface area contributed by atoms with Gasteiger partial charge in [0, 0.05) is 25.0 Å². The van der Waals surface area contributed by atoms with Gasteiger partial charge in [0.25, 0.3) is 0 Å². The highest BCUT2D eigenvalue weighted by Crippen LogP contribution is 2.13. The summed E-state index contributed by atoms with van der Waals surface area (Å²) in [4.78, 5) is 22.1. The van der Waals surface area contributed by atoms with Gasteiger partial charge in [-0.2, -0.15) is 11.8 Å². The number of imide groups is 1. The van der Waals surface area contributed by atoms with Crippen molar-refractivity contribution in [2.45, 2.75) is 12.2 Å². The number of rotatable bonds is 5. The van der Waals surface area contributed by atoms with E-state index in [2.05, 4.69) is 10.6 Å². The second-order valence-electron chi connectivity index (χ2n) is 3.56. The van der Waals surface area contributed by atoms with Crippen LogP contribution >= 0.6 is 11.8 Å². The summed E-state index contributed by atoms with van der Waals surface area (Å²) >= 11 is 1.52. The molecule has 0 heterocycles. The fourth-order valence-electron chi connectivity index (χ4n) is 1.23. The van der Waals surface area contributed by atoms with Crippen molar-refractivity contribution in [3.05, 3.63) is 35.6 Å². The molecule has 2 N–H and O–H groups in total. The second kappa shape index (κ2) is 7.71. The van der Waals surface area contributed by atoms with Crippen LogP contribution in [0.1, 0.15) is 12.0 Å². The first kappa shape index (κ1) is 14.5. The first-order valence-corrected chi connectivity index (χ1v) is 6.61. The number of nitrogens with one attached hydrogen (secondary N) is 2. The largest absolute Gasteiger partial charge is 0.341 e. The highest BCUT2D eigenvalue weighted by atomic mass is 32.2. The van der Waals surface area contributed by atoms with Crippen molar-refractivity contribution in [1.29, 1.82) is 0 Å². The summed E-state index contributed by atoms with van der Waals surface area (Å²) < 4.78 is 12.9. The Morgan fingerprint density at radius 2 is 2.17 bits per heavy atom. The number of carbonyl (C=O) groups is 2. The van der Waals surface area contributed by atoms with E-state index in [0.717, 1.165) is 5.56 Å². The number of benzene rings is 1. The Bertz CT molecular complexity index is 426. The molecule has 0 bridgehead atoms. The number of urea groups is 1. The Balaban J connectivity index is 2.19. The molecule has 0 aliphatic heterocycles. The van der Waals surface area contributed by atoms with Gasteiger partial charge in [0.1, 0.15) is 5.82 Å². The van der Waals surface area contributed by atoms with E-state index in [4.69, 9.17) is 0 Å². The van der Waals surface area contributed by atoms with Gasteiger partial charge >= 0.3 is 6.03 Å². The van der Waals surface area contributed by atoms with Crippen molar-refractivity contribution >= 4 is 23.7 Å². The summed E-state index contributed by atoms with van der Waals surface area (Å²) in [6.45, 7) is 0. The molecule has 4 nitrogen and oxygen atoms in total.